The number of hydrogen-bond acceptors (Lipinski definition) is 7. The van der Waals surface area contributed by atoms with E-state index in [0.717, 1.165) is 62.1 Å². The van der Waals surface area contributed by atoms with Crippen molar-refractivity contribution in [3.63, 3.8) is 0 Å². The highest BCUT2D eigenvalue weighted by atomic mass is 32.1. The van der Waals surface area contributed by atoms with E-state index >= 15 is 0 Å². The van der Waals surface area contributed by atoms with Gasteiger partial charge in [0.1, 0.15) is 5.01 Å². The van der Waals surface area contributed by atoms with E-state index in [0.29, 0.717) is 0 Å². The molecule has 4 heterocycles. The summed E-state index contributed by atoms with van der Waals surface area (Å²) in [5.74, 6) is 0. The Bertz CT molecular complexity index is 766. The minimum atomic E-state index is -0.205. The molecule has 2 aliphatic heterocycles. The number of unbranched alkanes of at least 4 members (excludes halogenated alkanes) is 1. The number of piperidine rings is 2. The lowest BCUT2D eigenvalue weighted by Crippen LogP contribution is -2.53. The maximum atomic E-state index is 10.6. The summed E-state index contributed by atoms with van der Waals surface area (Å²) in [4.78, 5) is 7.82. The Balaban J connectivity index is 1.36. The number of β-amino-alcohol motifs (C(OH)–C–C–N with tert-alkyl or cyclic N) is 1. The number of thiophene rings is 1. The van der Waals surface area contributed by atoms with Crippen LogP contribution in [0.2, 0.25) is 0 Å². The third-order valence-electron chi connectivity index (χ3n) is 6.18. The second kappa shape index (κ2) is 8.78. The smallest absolute Gasteiger partial charge is 0.208 e. The molecule has 7 heteroatoms. The second-order valence-electron chi connectivity index (χ2n) is 8.59. The Morgan fingerprint density at radius 1 is 1.18 bits per heavy atom. The molecule has 0 bridgehead atoms. The van der Waals surface area contributed by atoms with E-state index < -0.39 is 0 Å². The fraction of sp³-hybridized carbons (Fsp3) is 0.714. The third kappa shape index (κ3) is 4.75. The Hall–Kier alpha value is -1.02. The first-order valence-corrected chi connectivity index (χ1v) is 12.2. The lowest BCUT2D eigenvalue weighted by molar-refractivity contribution is -0.0247. The van der Waals surface area contributed by atoms with Crippen molar-refractivity contribution in [3.8, 4) is 0 Å². The van der Waals surface area contributed by atoms with Crippen molar-refractivity contribution in [2.75, 3.05) is 31.1 Å². The Morgan fingerprint density at radius 2 is 1.96 bits per heavy atom. The molecule has 0 aliphatic carbocycles. The number of aromatic nitrogens is 2. The zero-order chi connectivity index (χ0) is 19.6. The van der Waals surface area contributed by atoms with Gasteiger partial charge in [0, 0.05) is 42.5 Å². The van der Waals surface area contributed by atoms with Crippen LogP contribution in [0.3, 0.4) is 0 Å². The summed E-state index contributed by atoms with van der Waals surface area (Å²) in [5.41, 5.74) is 0.246. The molecule has 0 amide bonds. The van der Waals surface area contributed by atoms with E-state index in [1.54, 1.807) is 11.3 Å². The van der Waals surface area contributed by atoms with Crippen LogP contribution in [0.25, 0.3) is 0 Å². The summed E-state index contributed by atoms with van der Waals surface area (Å²) in [6, 6.07) is 4.60. The van der Waals surface area contributed by atoms with Crippen molar-refractivity contribution in [2.24, 2.45) is 5.41 Å². The first-order valence-electron chi connectivity index (χ1n) is 10.6. The monoisotopic (exact) mass is 420 g/mol. The number of rotatable bonds is 6. The highest BCUT2D eigenvalue weighted by Gasteiger charge is 2.42. The SMILES string of the molecule is CCCCc1ccc(CN2CC(O)CC3(CCN(c4nnc(C)s4)CC3)C2)s1. The third-order valence-corrected chi connectivity index (χ3v) is 8.21. The molecule has 2 saturated heterocycles. The lowest BCUT2D eigenvalue weighted by Gasteiger charge is -2.49. The Kier molecular flexibility index (Phi) is 6.35. The quantitative estimate of drug-likeness (QED) is 0.762. The molecule has 5 nitrogen and oxygen atoms in total. The minimum Gasteiger partial charge on any atom is -0.392 e. The fourth-order valence-corrected chi connectivity index (χ4v) is 6.59. The van der Waals surface area contributed by atoms with Crippen LogP contribution in [-0.2, 0) is 13.0 Å². The van der Waals surface area contributed by atoms with Gasteiger partial charge in [0.15, 0.2) is 0 Å². The van der Waals surface area contributed by atoms with Gasteiger partial charge in [0.05, 0.1) is 6.10 Å². The van der Waals surface area contributed by atoms with Crippen molar-refractivity contribution in [2.45, 2.75) is 65.0 Å². The summed E-state index contributed by atoms with van der Waals surface area (Å²) in [6.07, 6.45) is 6.73. The molecule has 154 valence electrons. The normalized spacial score (nSPS) is 22.8. The number of aryl methyl sites for hydroxylation is 2. The molecular weight excluding hydrogens is 388 g/mol. The van der Waals surface area contributed by atoms with Crippen molar-refractivity contribution in [3.05, 3.63) is 26.9 Å². The molecule has 0 saturated carbocycles. The Morgan fingerprint density at radius 3 is 2.68 bits per heavy atom. The topological polar surface area (TPSA) is 52.5 Å². The summed E-state index contributed by atoms with van der Waals surface area (Å²) in [5, 5.41) is 21.2. The molecule has 2 aromatic heterocycles. The molecular formula is C21H32N4OS2. The van der Waals surface area contributed by atoms with Gasteiger partial charge in [-0.3, -0.25) is 4.90 Å². The highest BCUT2D eigenvalue weighted by molar-refractivity contribution is 7.15. The van der Waals surface area contributed by atoms with Gasteiger partial charge in [-0.15, -0.1) is 21.5 Å². The number of aliphatic hydroxyl groups excluding tert-OH is 1. The van der Waals surface area contributed by atoms with Crippen molar-refractivity contribution < 1.29 is 5.11 Å². The number of hydrogen-bond donors (Lipinski definition) is 1. The standard InChI is InChI=1S/C21H32N4OS2/c1-3-4-5-18-6-7-19(28-18)14-24-13-17(26)12-21(15-24)8-10-25(11-9-21)20-23-22-16(2)27-20/h6-7,17,26H,3-5,8-15H2,1-2H3. The van der Waals surface area contributed by atoms with Gasteiger partial charge in [0.2, 0.25) is 5.13 Å². The average molecular weight is 421 g/mol. The van der Waals surface area contributed by atoms with Gasteiger partial charge in [0.25, 0.3) is 0 Å². The second-order valence-corrected chi connectivity index (χ2v) is 11.0. The van der Waals surface area contributed by atoms with Gasteiger partial charge < -0.3 is 10.0 Å². The molecule has 2 fully saturated rings. The van der Waals surface area contributed by atoms with Crippen molar-refractivity contribution in [1.29, 1.82) is 0 Å². The predicted molar refractivity (Wildman–Crippen MR) is 117 cm³/mol. The highest BCUT2D eigenvalue weighted by Crippen LogP contribution is 2.41. The van der Waals surface area contributed by atoms with E-state index in [4.69, 9.17) is 0 Å². The van der Waals surface area contributed by atoms with Crippen LogP contribution in [0.4, 0.5) is 5.13 Å². The first-order chi connectivity index (χ1) is 13.5. The predicted octanol–water partition coefficient (Wildman–Crippen LogP) is 4.10. The van der Waals surface area contributed by atoms with E-state index in [2.05, 4.69) is 39.1 Å². The van der Waals surface area contributed by atoms with Gasteiger partial charge in [-0.05, 0) is 56.6 Å². The van der Waals surface area contributed by atoms with Crippen LogP contribution >= 0.6 is 22.7 Å². The van der Waals surface area contributed by atoms with Crippen LogP contribution in [-0.4, -0.2) is 52.5 Å². The number of anilines is 1. The molecule has 2 aromatic rings. The molecule has 1 spiro atoms. The zero-order valence-corrected chi connectivity index (χ0v) is 18.7. The number of nitrogens with zero attached hydrogens (tertiary/aromatic N) is 4. The minimum absolute atomic E-state index is 0.205. The van der Waals surface area contributed by atoms with Gasteiger partial charge in [-0.2, -0.15) is 0 Å². The summed E-state index contributed by atoms with van der Waals surface area (Å²) < 4.78 is 0. The van der Waals surface area contributed by atoms with Crippen LogP contribution < -0.4 is 4.90 Å². The van der Waals surface area contributed by atoms with Crippen LogP contribution in [0.1, 0.15) is 53.8 Å². The molecule has 0 aromatic carbocycles. The van der Waals surface area contributed by atoms with E-state index in [9.17, 15) is 5.11 Å². The fourth-order valence-electron chi connectivity index (χ4n) is 4.75. The molecule has 1 atom stereocenters. The molecule has 2 aliphatic rings. The van der Waals surface area contributed by atoms with E-state index in [1.165, 1.54) is 29.0 Å². The van der Waals surface area contributed by atoms with E-state index in [-0.39, 0.29) is 11.5 Å². The van der Waals surface area contributed by atoms with Crippen molar-refractivity contribution >= 4 is 27.8 Å². The number of likely N-dealkylation sites (tertiary alicyclic amines) is 1. The Labute approximate surface area is 176 Å². The average Bonchev–Trinajstić information content (AvgIpc) is 3.29. The largest absolute Gasteiger partial charge is 0.392 e. The van der Waals surface area contributed by atoms with Crippen LogP contribution in [0, 0.1) is 12.3 Å². The summed E-state index contributed by atoms with van der Waals surface area (Å²) in [7, 11) is 0. The first kappa shape index (κ1) is 20.3. The lowest BCUT2D eigenvalue weighted by atomic mass is 9.71. The summed E-state index contributed by atoms with van der Waals surface area (Å²) >= 11 is 3.64. The van der Waals surface area contributed by atoms with E-state index in [1.807, 2.05) is 18.3 Å². The van der Waals surface area contributed by atoms with Gasteiger partial charge in [-0.1, -0.05) is 24.7 Å². The summed E-state index contributed by atoms with van der Waals surface area (Å²) in [6.45, 7) is 9.21. The molecule has 1 unspecified atom stereocenters. The zero-order valence-electron chi connectivity index (χ0n) is 17.1. The maximum absolute atomic E-state index is 10.6. The van der Waals surface area contributed by atoms with Gasteiger partial charge in [-0.25, -0.2) is 0 Å². The number of aliphatic hydroxyl groups is 1. The van der Waals surface area contributed by atoms with Crippen LogP contribution in [0.15, 0.2) is 12.1 Å². The maximum Gasteiger partial charge on any atom is 0.208 e. The van der Waals surface area contributed by atoms with Crippen molar-refractivity contribution in [1.82, 2.24) is 15.1 Å². The van der Waals surface area contributed by atoms with Gasteiger partial charge >= 0.3 is 0 Å². The molecule has 28 heavy (non-hydrogen) atoms. The molecule has 1 N–H and O–H groups in total. The van der Waals surface area contributed by atoms with Crippen LogP contribution in [0.5, 0.6) is 0 Å². The molecule has 4 rings (SSSR count). The molecule has 0 radical (unpaired) electrons.